The van der Waals surface area contributed by atoms with Gasteiger partial charge in [-0.1, -0.05) is 13.8 Å². The van der Waals surface area contributed by atoms with E-state index >= 15 is 0 Å². The van der Waals surface area contributed by atoms with Crippen LogP contribution in [-0.2, 0) is 9.59 Å². The Morgan fingerprint density at radius 3 is 2.20 bits per heavy atom. The molecule has 0 aliphatic carbocycles. The summed E-state index contributed by atoms with van der Waals surface area (Å²) in [6, 6.07) is -3.53. The summed E-state index contributed by atoms with van der Waals surface area (Å²) in [7, 11) is 0. The molecule has 11 heteroatoms. The van der Waals surface area contributed by atoms with Crippen LogP contribution in [0.1, 0.15) is 30.8 Å². The maximum absolute atomic E-state index is 11.8. The smallest absolute Gasteiger partial charge is 0.328 e. The van der Waals surface area contributed by atoms with Crippen molar-refractivity contribution in [2.75, 3.05) is 6.54 Å². The Morgan fingerprint density at radius 1 is 1.12 bits per heavy atom. The van der Waals surface area contributed by atoms with Crippen molar-refractivity contribution in [2.45, 2.75) is 32.4 Å². The average Bonchev–Trinajstić information content (AvgIpc) is 3.04. The van der Waals surface area contributed by atoms with Crippen molar-refractivity contribution < 1.29 is 29.4 Å². The van der Waals surface area contributed by atoms with Gasteiger partial charge in [-0.2, -0.15) is 0 Å². The van der Waals surface area contributed by atoms with Crippen LogP contribution >= 0.6 is 0 Å². The Hall–Kier alpha value is -3.11. The molecule has 0 aromatic carbocycles. The molecule has 0 aliphatic rings. The van der Waals surface area contributed by atoms with Gasteiger partial charge in [-0.25, -0.2) is 19.4 Å². The second kappa shape index (κ2) is 9.25. The molecule has 1 aromatic rings. The molecule has 0 radical (unpaired) electrons. The first-order chi connectivity index (χ1) is 11.7. The van der Waals surface area contributed by atoms with E-state index in [1.54, 1.807) is 13.8 Å². The Kier molecular flexibility index (Phi) is 7.38. The zero-order valence-corrected chi connectivity index (χ0v) is 13.8. The number of aliphatic carboxylic acids is 2. The van der Waals surface area contributed by atoms with Crippen LogP contribution in [0, 0.1) is 5.92 Å². The van der Waals surface area contributed by atoms with E-state index < -0.39 is 42.5 Å². The van der Waals surface area contributed by atoms with Gasteiger partial charge in [0.25, 0.3) is 5.91 Å². The van der Waals surface area contributed by atoms with Gasteiger partial charge in [0.15, 0.2) is 0 Å². The third-order valence-electron chi connectivity index (χ3n) is 3.11. The molecule has 0 fully saturated rings. The molecule has 3 amide bonds. The average molecular weight is 355 g/mol. The minimum absolute atomic E-state index is 0.0183. The Bertz CT molecular complexity index is 615. The van der Waals surface area contributed by atoms with Crippen LogP contribution in [0.25, 0.3) is 0 Å². The van der Waals surface area contributed by atoms with E-state index in [4.69, 9.17) is 10.2 Å². The number of carboxylic acid groups (broad SMARTS) is 2. The molecule has 138 valence electrons. The van der Waals surface area contributed by atoms with Gasteiger partial charge in [0.05, 0.1) is 6.33 Å². The van der Waals surface area contributed by atoms with Crippen LogP contribution in [0.4, 0.5) is 4.79 Å². The van der Waals surface area contributed by atoms with E-state index in [0.717, 1.165) is 0 Å². The molecule has 0 saturated heterocycles. The summed E-state index contributed by atoms with van der Waals surface area (Å²) in [6.45, 7) is 3.19. The number of aromatic nitrogens is 2. The van der Waals surface area contributed by atoms with E-state index in [2.05, 4.69) is 25.9 Å². The summed E-state index contributed by atoms with van der Waals surface area (Å²) >= 11 is 0. The number of hydrogen-bond acceptors (Lipinski definition) is 5. The van der Waals surface area contributed by atoms with Crippen LogP contribution in [0.15, 0.2) is 12.5 Å². The van der Waals surface area contributed by atoms with Crippen LogP contribution in [0.5, 0.6) is 0 Å². The Labute approximate surface area is 143 Å². The standard InChI is InChI=1S/C14H21N5O6/c1-7(2)3-8(12(21)22)18-14(25)19-10(13(23)24)5-16-11(20)9-4-15-6-17-9/h4,6-8,10H,3,5H2,1-2H3,(H,15,17)(H,16,20)(H,21,22)(H,23,24)(H2,18,19,25)/t8-,10-/m0/s1. The Morgan fingerprint density at radius 2 is 1.72 bits per heavy atom. The molecule has 1 heterocycles. The normalized spacial score (nSPS) is 12.9. The summed E-state index contributed by atoms with van der Waals surface area (Å²) in [5, 5.41) is 24.8. The van der Waals surface area contributed by atoms with Gasteiger partial charge in [0.2, 0.25) is 0 Å². The highest BCUT2D eigenvalue weighted by Gasteiger charge is 2.25. The first-order valence-corrected chi connectivity index (χ1v) is 7.50. The van der Waals surface area contributed by atoms with Crippen LogP contribution in [0.3, 0.4) is 0 Å². The van der Waals surface area contributed by atoms with Crippen molar-refractivity contribution in [2.24, 2.45) is 5.92 Å². The van der Waals surface area contributed by atoms with Gasteiger partial charge in [-0.15, -0.1) is 0 Å². The lowest BCUT2D eigenvalue weighted by Gasteiger charge is -2.19. The van der Waals surface area contributed by atoms with Crippen molar-refractivity contribution in [3.63, 3.8) is 0 Å². The first-order valence-electron chi connectivity index (χ1n) is 7.50. The first kappa shape index (κ1) is 19.9. The van der Waals surface area contributed by atoms with Gasteiger partial charge < -0.3 is 31.1 Å². The van der Waals surface area contributed by atoms with Gasteiger partial charge >= 0.3 is 18.0 Å². The van der Waals surface area contributed by atoms with Crippen molar-refractivity contribution in [3.8, 4) is 0 Å². The zero-order chi connectivity index (χ0) is 19.0. The van der Waals surface area contributed by atoms with Crippen LogP contribution in [-0.4, -0.2) is 62.7 Å². The largest absolute Gasteiger partial charge is 0.480 e. The van der Waals surface area contributed by atoms with Gasteiger partial charge in [-0.05, 0) is 12.3 Å². The van der Waals surface area contributed by atoms with Gasteiger partial charge in [0, 0.05) is 12.7 Å². The van der Waals surface area contributed by atoms with Crippen LogP contribution in [0.2, 0.25) is 0 Å². The number of hydrogen-bond donors (Lipinski definition) is 6. The molecule has 0 spiro atoms. The highest BCUT2D eigenvalue weighted by molar-refractivity contribution is 5.92. The number of aromatic amines is 1. The molecule has 2 atom stereocenters. The highest BCUT2D eigenvalue weighted by Crippen LogP contribution is 2.04. The predicted molar refractivity (Wildman–Crippen MR) is 84.9 cm³/mol. The molecule has 0 saturated carbocycles. The second-order valence-corrected chi connectivity index (χ2v) is 5.69. The molecular formula is C14H21N5O6. The number of imidazole rings is 1. The molecule has 0 aliphatic heterocycles. The van der Waals surface area contributed by atoms with Crippen molar-refractivity contribution in [3.05, 3.63) is 18.2 Å². The lowest BCUT2D eigenvalue weighted by Crippen LogP contribution is -2.54. The summed E-state index contributed by atoms with van der Waals surface area (Å²) in [4.78, 5) is 52.2. The third kappa shape index (κ3) is 6.89. The second-order valence-electron chi connectivity index (χ2n) is 5.69. The van der Waals surface area contributed by atoms with Gasteiger partial charge in [-0.3, -0.25) is 4.79 Å². The Balaban J connectivity index is 2.58. The third-order valence-corrected chi connectivity index (χ3v) is 3.11. The quantitative estimate of drug-likeness (QED) is 0.342. The zero-order valence-electron chi connectivity index (χ0n) is 13.8. The topological polar surface area (TPSA) is 174 Å². The molecule has 6 N–H and O–H groups in total. The summed E-state index contributed by atoms with van der Waals surface area (Å²) in [5.41, 5.74) is 0.0662. The number of rotatable bonds is 9. The lowest BCUT2D eigenvalue weighted by molar-refractivity contribution is -0.139. The molecule has 1 rings (SSSR count). The summed E-state index contributed by atoms with van der Waals surface area (Å²) in [5.74, 6) is -3.20. The summed E-state index contributed by atoms with van der Waals surface area (Å²) in [6.07, 6.45) is 2.81. The number of H-pyrrole nitrogens is 1. The van der Waals surface area contributed by atoms with Gasteiger partial charge in [0.1, 0.15) is 17.8 Å². The maximum atomic E-state index is 11.8. The predicted octanol–water partition coefficient (Wildman–Crippen LogP) is -0.609. The van der Waals surface area contributed by atoms with E-state index in [-0.39, 0.29) is 18.0 Å². The van der Waals surface area contributed by atoms with Crippen molar-refractivity contribution in [1.82, 2.24) is 25.9 Å². The fourth-order valence-electron chi connectivity index (χ4n) is 1.92. The number of carboxylic acids is 2. The molecular weight excluding hydrogens is 334 g/mol. The molecule has 11 nitrogen and oxygen atoms in total. The fraction of sp³-hybridized carbons (Fsp3) is 0.500. The highest BCUT2D eigenvalue weighted by atomic mass is 16.4. The number of nitrogens with one attached hydrogen (secondary N) is 4. The SMILES string of the molecule is CC(C)C[C@H](NC(=O)N[C@@H](CNC(=O)c1c[nH]cn1)C(=O)O)C(=O)O. The van der Waals surface area contributed by atoms with E-state index in [9.17, 15) is 19.2 Å². The number of amides is 3. The van der Waals surface area contributed by atoms with Crippen molar-refractivity contribution >= 4 is 23.9 Å². The maximum Gasteiger partial charge on any atom is 0.328 e. The number of carbonyl (C=O) groups is 4. The van der Waals surface area contributed by atoms with E-state index in [0.29, 0.717) is 0 Å². The minimum atomic E-state index is -1.43. The lowest BCUT2D eigenvalue weighted by atomic mass is 10.0. The molecule has 0 unspecified atom stereocenters. The molecule has 1 aromatic heterocycles. The monoisotopic (exact) mass is 355 g/mol. The number of urea groups is 1. The minimum Gasteiger partial charge on any atom is -0.480 e. The number of carbonyl (C=O) groups excluding carboxylic acids is 2. The fourth-order valence-corrected chi connectivity index (χ4v) is 1.92. The van der Waals surface area contributed by atoms with Crippen molar-refractivity contribution in [1.29, 1.82) is 0 Å². The molecule has 25 heavy (non-hydrogen) atoms. The van der Waals surface area contributed by atoms with E-state index in [1.165, 1.54) is 12.5 Å². The van der Waals surface area contributed by atoms with Crippen LogP contribution < -0.4 is 16.0 Å². The molecule has 0 bridgehead atoms. The van der Waals surface area contributed by atoms with E-state index in [1.807, 2.05) is 0 Å². The number of nitrogens with zero attached hydrogens (tertiary/aromatic N) is 1. The summed E-state index contributed by atoms with van der Waals surface area (Å²) < 4.78 is 0.